The van der Waals surface area contributed by atoms with E-state index < -0.39 is 0 Å². The van der Waals surface area contributed by atoms with Crippen LogP contribution < -0.4 is 14.8 Å². The Morgan fingerprint density at radius 1 is 1.05 bits per heavy atom. The van der Waals surface area contributed by atoms with Crippen molar-refractivity contribution >= 4 is 0 Å². The molecule has 0 atom stereocenters. The van der Waals surface area contributed by atoms with Crippen LogP contribution in [0, 0.1) is 6.92 Å². The lowest BCUT2D eigenvalue weighted by molar-refractivity contribution is 0.268. The predicted molar refractivity (Wildman–Crippen MR) is 83.7 cm³/mol. The first-order valence-corrected chi connectivity index (χ1v) is 7.16. The van der Waals surface area contributed by atoms with Crippen LogP contribution in [0.2, 0.25) is 0 Å². The van der Waals surface area contributed by atoms with E-state index in [1.165, 1.54) is 5.56 Å². The molecular weight excluding hydrogens is 264 g/mol. The summed E-state index contributed by atoms with van der Waals surface area (Å²) in [5.74, 6) is 1.55. The fraction of sp³-hybridized carbons (Fsp3) is 0.353. The Morgan fingerprint density at radius 3 is 2.62 bits per heavy atom. The monoisotopic (exact) mass is 286 g/mol. The third kappa shape index (κ3) is 4.46. The van der Waals surface area contributed by atoms with Crippen molar-refractivity contribution in [3.05, 3.63) is 53.3 Å². The van der Waals surface area contributed by atoms with E-state index >= 15 is 0 Å². The second-order valence-electron chi connectivity index (χ2n) is 4.90. The largest absolute Gasteiger partial charge is 0.490 e. The van der Waals surface area contributed by atoms with E-state index in [9.17, 15) is 0 Å². The lowest BCUT2D eigenvalue weighted by Crippen LogP contribution is -2.06. The summed E-state index contributed by atoms with van der Waals surface area (Å²) in [6.07, 6.45) is 3.66. The molecule has 0 aliphatic heterocycles. The van der Waals surface area contributed by atoms with Gasteiger partial charge in [0.25, 0.3) is 0 Å². The van der Waals surface area contributed by atoms with Crippen LogP contribution in [0.15, 0.2) is 36.7 Å². The molecule has 0 bridgehead atoms. The molecule has 0 spiro atoms. The Morgan fingerprint density at radius 2 is 1.90 bits per heavy atom. The third-order valence-corrected chi connectivity index (χ3v) is 3.01. The summed E-state index contributed by atoms with van der Waals surface area (Å²) < 4.78 is 11.5. The van der Waals surface area contributed by atoms with Gasteiger partial charge in [0.05, 0.1) is 6.61 Å². The molecule has 0 radical (unpaired) electrons. The normalized spacial score (nSPS) is 10.4. The van der Waals surface area contributed by atoms with Crippen molar-refractivity contribution in [2.45, 2.75) is 27.0 Å². The van der Waals surface area contributed by atoms with Crippen molar-refractivity contribution in [1.29, 1.82) is 0 Å². The van der Waals surface area contributed by atoms with Gasteiger partial charge in [-0.1, -0.05) is 6.07 Å². The summed E-state index contributed by atoms with van der Waals surface area (Å²) in [7, 11) is 1.93. The molecule has 0 saturated carbocycles. The SMILES string of the molecule is CCOc1cc(CNC)ccc1OCc1cncc(C)c1. The van der Waals surface area contributed by atoms with E-state index in [0.29, 0.717) is 13.2 Å². The zero-order chi connectivity index (χ0) is 15.1. The second-order valence-corrected chi connectivity index (χ2v) is 4.90. The molecule has 1 N–H and O–H groups in total. The van der Waals surface area contributed by atoms with Crippen molar-refractivity contribution < 1.29 is 9.47 Å². The topological polar surface area (TPSA) is 43.4 Å². The average Bonchev–Trinajstić information content (AvgIpc) is 2.47. The molecule has 21 heavy (non-hydrogen) atoms. The minimum absolute atomic E-state index is 0.486. The number of rotatable bonds is 7. The van der Waals surface area contributed by atoms with Crippen LogP contribution in [-0.2, 0) is 13.2 Å². The molecule has 4 nitrogen and oxygen atoms in total. The molecule has 4 heteroatoms. The number of nitrogens with zero attached hydrogens (tertiary/aromatic N) is 1. The smallest absolute Gasteiger partial charge is 0.161 e. The summed E-state index contributed by atoms with van der Waals surface area (Å²) in [5, 5.41) is 3.13. The Labute approximate surface area is 126 Å². The Balaban J connectivity index is 2.11. The van der Waals surface area contributed by atoms with Crippen LogP contribution in [0.25, 0.3) is 0 Å². The number of aromatic nitrogens is 1. The molecule has 1 heterocycles. The number of nitrogens with one attached hydrogen (secondary N) is 1. The number of hydrogen-bond acceptors (Lipinski definition) is 4. The molecule has 1 aromatic heterocycles. The van der Waals surface area contributed by atoms with Gasteiger partial charge < -0.3 is 14.8 Å². The molecule has 1 aromatic carbocycles. The summed E-state index contributed by atoms with van der Waals surface area (Å²) >= 11 is 0. The van der Waals surface area contributed by atoms with E-state index in [2.05, 4.69) is 16.4 Å². The first kappa shape index (κ1) is 15.3. The highest BCUT2D eigenvalue weighted by atomic mass is 16.5. The average molecular weight is 286 g/mol. The second kappa shape index (κ2) is 7.64. The number of hydrogen-bond donors (Lipinski definition) is 1. The van der Waals surface area contributed by atoms with Gasteiger partial charge in [-0.05, 0) is 50.2 Å². The summed E-state index contributed by atoms with van der Waals surface area (Å²) in [5.41, 5.74) is 3.35. The van der Waals surface area contributed by atoms with Gasteiger partial charge in [0.2, 0.25) is 0 Å². The number of pyridine rings is 1. The molecule has 0 amide bonds. The first-order valence-electron chi connectivity index (χ1n) is 7.16. The van der Waals surface area contributed by atoms with Crippen molar-refractivity contribution in [2.75, 3.05) is 13.7 Å². The van der Waals surface area contributed by atoms with E-state index in [0.717, 1.165) is 29.2 Å². The van der Waals surface area contributed by atoms with Gasteiger partial charge in [0.1, 0.15) is 6.61 Å². The van der Waals surface area contributed by atoms with E-state index in [4.69, 9.17) is 9.47 Å². The molecule has 0 aliphatic carbocycles. The Bertz CT molecular complexity index is 585. The zero-order valence-corrected chi connectivity index (χ0v) is 12.8. The highest BCUT2D eigenvalue weighted by molar-refractivity contribution is 5.43. The van der Waals surface area contributed by atoms with Crippen molar-refractivity contribution in [3.63, 3.8) is 0 Å². The van der Waals surface area contributed by atoms with Crippen LogP contribution >= 0.6 is 0 Å². The van der Waals surface area contributed by atoms with Gasteiger partial charge in [-0.2, -0.15) is 0 Å². The number of ether oxygens (including phenoxy) is 2. The lowest BCUT2D eigenvalue weighted by atomic mass is 10.2. The van der Waals surface area contributed by atoms with Gasteiger partial charge in [-0.15, -0.1) is 0 Å². The highest BCUT2D eigenvalue weighted by Crippen LogP contribution is 2.29. The lowest BCUT2D eigenvalue weighted by Gasteiger charge is -2.13. The maximum Gasteiger partial charge on any atom is 0.161 e. The van der Waals surface area contributed by atoms with E-state index in [1.807, 2.05) is 51.5 Å². The van der Waals surface area contributed by atoms with Crippen molar-refractivity contribution in [3.8, 4) is 11.5 Å². The van der Waals surface area contributed by atoms with Crippen LogP contribution in [0.5, 0.6) is 11.5 Å². The fourth-order valence-corrected chi connectivity index (χ4v) is 2.11. The predicted octanol–water partition coefficient (Wildman–Crippen LogP) is 3.09. The Hall–Kier alpha value is -2.07. The van der Waals surface area contributed by atoms with Crippen LogP contribution in [-0.4, -0.2) is 18.6 Å². The maximum atomic E-state index is 5.88. The van der Waals surface area contributed by atoms with Gasteiger partial charge in [0.15, 0.2) is 11.5 Å². The van der Waals surface area contributed by atoms with Crippen LogP contribution in [0.3, 0.4) is 0 Å². The molecule has 2 aromatic rings. The van der Waals surface area contributed by atoms with Crippen molar-refractivity contribution in [1.82, 2.24) is 10.3 Å². The first-order chi connectivity index (χ1) is 10.2. The highest BCUT2D eigenvalue weighted by Gasteiger charge is 2.07. The minimum Gasteiger partial charge on any atom is -0.490 e. The number of aryl methyl sites for hydroxylation is 1. The van der Waals surface area contributed by atoms with Crippen LogP contribution in [0.4, 0.5) is 0 Å². The molecule has 0 aliphatic rings. The zero-order valence-electron chi connectivity index (χ0n) is 12.8. The molecule has 2 rings (SSSR count). The quantitative estimate of drug-likeness (QED) is 0.849. The number of benzene rings is 1. The summed E-state index contributed by atoms with van der Waals surface area (Å²) in [4.78, 5) is 4.17. The molecular formula is C17H22N2O2. The van der Waals surface area contributed by atoms with Crippen molar-refractivity contribution in [2.24, 2.45) is 0 Å². The standard InChI is InChI=1S/C17H22N2O2/c1-4-20-17-8-14(10-18-3)5-6-16(17)21-12-15-7-13(2)9-19-11-15/h5-9,11,18H,4,10,12H2,1-3H3. The fourth-order valence-electron chi connectivity index (χ4n) is 2.11. The minimum atomic E-state index is 0.486. The van der Waals surface area contributed by atoms with Gasteiger partial charge in [0, 0.05) is 24.5 Å². The molecule has 0 saturated heterocycles. The summed E-state index contributed by atoms with van der Waals surface area (Å²) in [6.45, 7) is 5.90. The third-order valence-electron chi connectivity index (χ3n) is 3.01. The molecule has 0 fully saturated rings. The summed E-state index contributed by atoms with van der Waals surface area (Å²) in [6, 6.07) is 8.09. The van der Waals surface area contributed by atoms with E-state index in [1.54, 1.807) is 0 Å². The van der Waals surface area contributed by atoms with Crippen LogP contribution in [0.1, 0.15) is 23.6 Å². The van der Waals surface area contributed by atoms with Gasteiger partial charge in [-0.25, -0.2) is 0 Å². The maximum absolute atomic E-state index is 5.88. The Kier molecular flexibility index (Phi) is 5.58. The molecule has 112 valence electrons. The van der Waals surface area contributed by atoms with E-state index in [-0.39, 0.29) is 0 Å². The van der Waals surface area contributed by atoms with Gasteiger partial charge in [-0.3, -0.25) is 4.98 Å². The molecule has 0 unspecified atom stereocenters. The van der Waals surface area contributed by atoms with Gasteiger partial charge >= 0.3 is 0 Å².